The van der Waals surface area contributed by atoms with Gasteiger partial charge in [0.15, 0.2) is 4.67 Å². The summed E-state index contributed by atoms with van der Waals surface area (Å²) < 4.78 is 12.3. The Morgan fingerprint density at radius 1 is 1.06 bits per heavy atom. The van der Waals surface area contributed by atoms with Gasteiger partial charge in [0.05, 0.1) is 18.0 Å². The summed E-state index contributed by atoms with van der Waals surface area (Å²) in [5.41, 5.74) is 6.32. The van der Waals surface area contributed by atoms with E-state index in [2.05, 4.69) is 71.9 Å². The van der Waals surface area contributed by atoms with Crippen LogP contribution in [0.3, 0.4) is 0 Å². The zero-order valence-corrected chi connectivity index (χ0v) is 20.6. The Bertz CT molecular complexity index is 1410. The van der Waals surface area contributed by atoms with Crippen molar-refractivity contribution in [2.75, 3.05) is 7.11 Å². The van der Waals surface area contributed by atoms with Crippen molar-refractivity contribution in [2.45, 2.75) is 39.2 Å². The number of hydrogen-bond donors (Lipinski definition) is 2. The summed E-state index contributed by atoms with van der Waals surface area (Å²) in [5, 5.41) is 24.3. The lowest BCUT2D eigenvalue weighted by molar-refractivity contribution is 0.181. The lowest BCUT2D eigenvalue weighted by Gasteiger charge is -2.07. The number of ether oxygens (including phenoxy) is 1. The number of H-pyrrole nitrogens is 2. The van der Waals surface area contributed by atoms with E-state index in [1.165, 1.54) is 11.1 Å². The molecule has 0 fully saturated rings. The number of rotatable bonds is 9. The molecule has 0 spiro atoms. The van der Waals surface area contributed by atoms with E-state index in [0.717, 1.165) is 64.7 Å². The van der Waals surface area contributed by atoms with Crippen molar-refractivity contribution in [3.05, 3.63) is 69.6 Å². The first kappa shape index (κ1) is 22.5. The van der Waals surface area contributed by atoms with Crippen molar-refractivity contribution < 1.29 is 9.15 Å². The molecule has 0 unspecified atom stereocenters. The molecule has 0 aliphatic rings. The molecule has 174 valence electrons. The van der Waals surface area contributed by atoms with Crippen molar-refractivity contribution in [2.24, 2.45) is 0 Å². The second-order valence-corrected chi connectivity index (χ2v) is 8.93. The number of methoxy groups -OCH3 is 1. The molecule has 34 heavy (non-hydrogen) atoms. The first-order chi connectivity index (χ1) is 16.7. The van der Waals surface area contributed by atoms with E-state index in [9.17, 15) is 0 Å². The monoisotopic (exact) mass is 520 g/mol. The second kappa shape index (κ2) is 9.90. The molecule has 5 aromatic rings. The first-order valence-electron chi connectivity index (χ1n) is 11.3. The van der Waals surface area contributed by atoms with Crippen molar-refractivity contribution >= 4 is 26.7 Å². The zero-order valence-electron chi connectivity index (χ0n) is 19.1. The highest BCUT2D eigenvalue weighted by atomic mass is 79.9. The fourth-order valence-corrected chi connectivity index (χ4v) is 4.78. The van der Waals surface area contributed by atoms with Gasteiger partial charge in [0.2, 0.25) is 5.82 Å². The maximum atomic E-state index is 6.21. The van der Waals surface area contributed by atoms with Crippen LogP contribution in [0.1, 0.15) is 42.3 Å². The molecule has 0 amide bonds. The Hall–Kier alpha value is -3.30. The molecule has 8 nitrogen and oxygen atoms in total. The fourth-order valence-electron chi connectivity index (χ4n) is 4.29. The molecule has 0 aliphatic carbocycles. The van der Waals surface area contributed by atoms with Gasteiger partial charge in [-0.2, -0.15) is 10.3 Å². The highest BCUT2D eigenvalue weighted by molar-refractivity contribution is 9.10. The highest BCUT2D eigenvalue weighted by Crippen LogP contribution is 2.40. The van der Waals surface area contributed by atoms with E-state index in [1.807, 2.05) is 24.3 Å². The second-order valence-electron chi connectivity index (χ2n) is 8.21. The molecule has 5 rings (SSSR count). The maximum absolute atomic E-state index is 6.21. The smallest absolute Gasteiger partial charge is 0.205 e. The average molecular weight is 521 g/mol. The summed E-state index contributed by atoms with van der Waals surface area (Å²) in [5.74, 6) is 1.29. The number of unbranched alkanes of at least 4 members (excludes halogenated alkanes) is 1. The minimum Gasteiger partial charge on any atom is -0.448 e. The van der Waals surface area contributed by atoms with Crippen LogP contribution in [-0.2, 0) is 24.2 Å². The Labute approximate surface area is 205 Å². The van der Waals surface area contributed by atoms with Crippen LogP contribution in [0.25, 0.3) is 33.5 Å². The molecule has 0 radical (unpaired) electrons. The van der Waals surface area contributed by atoms with E-state index in [0.29, 0.717) is 17.1 Å². The minimum absolute atomic E-state index is 0.517. The largest absolute Gasteiger partial charge is 0.448 e. The summed E-state index contributed by atoms with van der Waals surface area (Å²) in [6.45, 7) is 2.71. The van der Waals surface area contributed by atoms with Gasteiger partial charge in [-0.05, 0) is 45.6 Å². The number of aryl methyl sites for hydroxylation is 1. The van der Waals surface area contributed by atoms with Crippen LogP contribution in [0.2, 0.25) is 0 Å². The van der Waals surface area contributed by atoms with E-state index in [-0.39, 0.29) is 0 Å². The van der Waals surface area contributed by atoms with Gasteiger partial charge < -0.3 is 9.15 Å². The number of hydrogen-bond acceptors (Lipinski definition) is 6. The fraction of sp³-hybridized carbons (Fsp3) is 0.280. The molecule has 0 saturated heterocycles. The van der Waals surface area contributed by atoms with Gasteiger partial charge in [0, 0.05) is 41.0 Å². The van der Waals surface area contributed by atoms with Gasteiger partial charge in [0.25, 0.3) is 0 Å². The number of tetrazole rings is 1. The molecular weight excluding hydrogens is 496 g/mol. The zero-order chi connectivity index (χ0) is 23.5. The normalized spacial score (nSPS) is 11.5. The molecule has 9 heteroatoms. The Morgan fingerprint density at radius 3 is 2.68 bits per heavy atom. The molecule has 0 saturated carbocycles. The SMILES string of the molecule is CCCCc1n[nH]c(COC)c1Cc1ccc2c(-c3ccccc3-c3nn[nH]n3)oc(Br)c2c1. The lowest BCUT2D eigenvalue weighted by atomic mass is 9.97. The molecule has 0 aliphatic heterocycles. The van der Waals surface area contributed by atoms with E-state index < -0.39 is 0 Å². The summed E-state index contributed by atoms with van der Waals surface area (Å²) in [4.78, 5) is 0. The molecule has 2 N–H and O–H groups in total. The number of aromatic nitrogens is 6. The van der Waals surface area contributed by atoms with Gasteiger partial charge >= 0.3 is 0 Å². The maximum Gasteiger partial charge on any atom is 0.205 e. The summed E-state index contributed by atoms with van der Waals surface area (Å²) >= 11 is 3.63. The van der Waals surface area contributed by atoms with Gasteiger partial charge in [-0.3, -0.25) is 5.10 Å². The summed E-state index contributed by atoms with van der Waals surface area (Å²) in [6, 6.07) is 14.3. The van der Waals surface area contributed by atoms with Gasteiger partial charge in [-0.25, -0.2) is 0 Å². The Balaban J connectivity index is 1.53. The minimum atomic E-state index is 0.517. The topological polar surface area (TPSA) is 106 Å². The van der Waals surface area contributed by atoms with Crippen molar-refractivity contribution in [3.63, 3.8) is 0 Å². The van der Waals surface area contributed by atoms with Gasteiger partial charge in [0.1, 0.15) is 5.76 Å². The molecular formula is C25H25BrN6O2. The first-order valence-corrected chi connectivity index (χ1v) is 12.1. The van der Waals surface area contributed by atoms with Crippen LogP contribution in [0, 0.1) is 0 Å². The van der Waals surface area contributed by atoms with Crippen LogP contribution in [0.15, 0.2) is 51.6 Å². The van der Waals surface area contributed by atoms with Crippen molar-refractivity contribution in [1.29, 1.82) is 0 Å². The number of furan rings is 1. The quantitative estimate of drug-likeness (QED) is 0.252. The van der Waals surface area contributed by atoms with Crippen LogP contribution in [0.5, 0.6) is 0 Å². The highest BCUT2D eigenvalue weighted by Gasteiger charge is 2.20. The standard InChI is InChI=1S/C25H25BrN6O2/c1-3-4-9-21-20(22(14-33-2)28-27-21)13-15-10-11-17-19(12-15)24(26)34-23(17)16-7-5-6-8-18(16)25-29-31-32-30-25/h5-8,10-12H,3-4,9,13-14H2,1-2H3,(H,27,28)(H,29,30,31,32). The average Bonchev–Trinajstić information content (AvgIpc) is 3.59. The predicted octanol–water partition coefficient (Wildman–Crippen LogP) is 5.85. The van der Waals surface area contributed by atoms with Crippen LogP contribution in [-0.4, -0.2) is 37.9 Å². The Morgan fingerprint density at radius 2 is 1.91 bits per heavy atom. The summed E-state index contributed by atoms with van der Waals surface area (Å²) in [6.07, 6.45) is 3.98. The molecule has 3 aromatic heterocycles. The number of fused-ring (bicyclic) bond motifs is 1. The third-order valence-electron chi connectivity index (χ3n) is 5.97. The molecule has 0 atom stereocenters. The van der Waals surface area contributed by atoms with Gasteiger partial charge in [-0.1, -0.05) is 49.7 Å². The number of halogens is 1. The van der Waals surface area contributed by atoms with Crippen molar-refractivity contribution in [1.82, 2.24) is 30.8 Å². The molecule has 0 bridgehead atoms. The number of nitrogens with zero attached hydrogens (tertiary/aromatic N) is 4. The number of nitrogens with one attached hydrogen (secondary N) is 2. The third-order valence-corrected chi connectivity index (χ3v) is 6.55. The summed E-state index contributed by atoms with van der Waals surface area (Å²) in [7, 11) is 1.71. The van der Waals surface area contributed by atoms with Gasteiger partial charge in [-0.15, -0.1) is 10.2 Å². The third kappa shape index (κ3) is 4.28. The predicted molar refractivity (Wildman–Crippen MR) is 133 cm³/mol. The van der Waals surface area contributed by atoms with Crippen LogP contribution >= 0.6 is 15.9 Å². The number of aromatic amines is 2. The van der Waals surface area contributed by atoms with E-state index >= 15 is 0 Å². The van der Waals surface area contributed by atoms with E-state index in [4.69, 9.17) is 9.15 Å². The van der Waals surface area contributed by atoms with Crippen LogP contribution in [0.4, 0.5) is 0 Å². The van der Waals surface area contributed by atoms with E-state index in [1.54, 1.807) is 7.11 Å². The van der Waals surface area contributed by atoms with Crippen LogP contribution < -0.4 is 0 Å². The lowest BCUT2D eigenvalue weighted by Crippen LogP contribution is -1.99. The molecule has 2 aromatic carbocycles. The Kier molecular flexibility index (Phi) is 6.55. The van der Waals surface area contributed by atoms with Crippen molar-refractivity contribution in [3.8, 4) is 22.7 Å². The number of benzene rings is 2. The molecule has 3 heterocycles.